The van der Waals surface area contributed by atoms with Gasteiger partial charge in [-0.2, -0.15) is 0 Å². The third-order valence-corrected chi connectivity index (χ3v) is 3.71. The molecule has 0 saturated heterocycles. The number of carbonyl (C=O) groups is 2. The summed E-state index contributed by atoms with van der Waals surface area (Å²) in [6.07, 6.45) is 2.02. The van der Waals surface area contributed by atoms with Crippen LogP contribution in [0.15, 0.2) is 47.1 Å². The average Bonchev–Trinajstić information content (AvgIpc) is 3.28. The lowest BCUT2D eigenvalue weighted by Gasteiger charge is -2.01. The molecule has 1 aromatic carbocycles. The average molecular weight is 324 g/mol. The van der Waals surface area contributed by atoms with Crippen LogP contribution < -0.4 is 0 Å². The number of ketones is 1. The van der Waals surface area contributed by atoms with Crippen molar-refractivity contribution in [1.29, 1.82) is 0 Å². The van der Waals surface area contributed by atoms with E-state index in [0.717, 1.165) is 5.56 Å². The summed E-state index contributed by atoms with van der Waals surface area (Å²) in [7, 11) is 1.29. The zero-order valence-electron chi connectivity index (χ0n) is 13.3. The van der Waals surface area contributed by atoms with E-state index in [9.17, 15) is 9.59 Å². The van der Waals surface area contributed by atoms with Crippen LogP contribution in [-0.2, 0) is 11.2 Å². The summed E-state index contributed by atoms with van der Waals surface area (Å²) < 4.78 is 9.99. The Hall–Kier alpha value is -3.15. The smallest absolute Gasteiger partial charge is 0.354 e. The fourth-order valence-corrected chi connectivity index (χ4v) is 2.49. The van der Waals surface area contributed by atoms with Crippen molar-refractivity contribution >= 4 is 11.8 Å². The Morgan fingerprint density at radius 2 is 2.00 bits per heavy atom. The van der Waals surface area contributed by atoms with Gasteiger partial charge in [-0.15, -0.1) is 0 Å². The number of nitrogens with one attached hydrogen (secondary N) is 1. The minimum Gasteiger partial charge on any atom is -0.464 e. The topological polar surface area (TPSA) is 85.2 Å². The molecule has 6 heteroatoms. The molecular weight excluding hydrogens is 308 g/mol. The highest BCUT2D eigenvalue weighted by Crippen LogP contribution is 2.28. The van der Waals surface area contributed by atoms with E-state index in [2.05, 4.69) is 14.9 Å². The summed E-state index contributed by atoms with van der Waals surface area (Å²) in [5, 5.41) is 4.06. The summed E-state index contributed by atoms with van der Waals surface area (Å²) in [6, 6.07) is 10.8. The molecule has 0 radical (unpaired) electrons. The second-order valence-corrected chi connectivity index (χ2v) is 5.17. The molecule has 0 atom stereocenters. The molecule has 6 nitrogen and oxygen atoms in total. The molecule has 0 saturated carbocycles. The number of hydrogen-bond acceptors (Lipinski definition) is 5. The molecule has 0 unspecified atom stereocenters. The Morgan fingerprint density at radius 3 is 2.67 bits per heavy atom. The molecule has 122 valence electrons. The first kappa shape index (κ1) is 15.7. The van der Waals surface area contributed by atoms with Gasteiger partial charge in [0.05, 0.1) is 12.7 Å². The van der Waals surface area contributed by atoms with Crippen molar-refractivity contribution in [2.75, 3.05) is 7.11 Å². The summed E-state index contributed by atoms with van der Waals surface area (Å²) in [4.78, 5) is 27.2. The largest absolute Gasteiger partial charge is 0.464 e. The minimum absolute atomic E-state index is 0.219. The SMILES string of the molecule is CCc1onc(-c2ccccc2)c1C(=O)c1c[nH]c(C(=O)OC)c1. The molecule has 2 heterocycles. The molecule has 3 rings (SSSR count). The zero-order chi connectivity index (χ0) is 17.1. The quantitative estimate of drug-likeness (QED) is 0.575. The highest BCUT2D eigenvalue weighted by Gasteiger charge is 2.25. The maximum absolute atomic E-state index is 12.9. The Labute approximate surface area is 138 Å². The van der Waals surface area contributed by atoms with Gasteiger partial charge >= 0.3 is 5.97 Å². The molecule has 0 aliphatic rings. The van der Waals surface area contributed by atoms with Crippen LogP contribution in [-0.4, -0.2) is 29.0 Å². The first-order valence-electron chi connectivity index (χ1n) is 7.51. The van der Waals surface area contributed by atoms with Gasteiger partial charge in [-0.05, 0) is 6.07 Å². The number of aromatic amines is 1. The van der Waals surface area contributed by atoms with Gasteiger partial charge < -0.3 is 14.2 Å². The van der Waals surface area contributed by atoms with E-state index in [4.69, 9.17) is 4.52 Å². The number of methoxy groups -OCH3 is 1. The number of rotatable bonds is 5. The standard InChI is InChI=1S/C18H16N2O4/c1-3-14-15(16(20-24-14)11-7-5-4-6-8-11)17(21)12-9-13(19-10-12)18(22)23-2/h4-10,19H,3H2,1-2H3. The summed E-state index contributed by atoms with van der Waals surface area (Å²) >= 11 is 0. The number of aromatic nitrogens is 2. The van der Waals surface area contributed by atoms with Crippen LogP contribution in [0.1, 0.15) is 39.1 Å². The Kier molecular flexibility index (Phi) is 4.29. The van der Waals surface area contributed by atoms with E-state index < -0.39 is 5.97 Å². The second-order valence-electron chi connectivity index (χ2n) is 5.17. The van der Waals surface area contributed by atoms with Gasteiger partial charge in [0.1, 0.15) is 17.1 Å². The van der Waals surface area contributed by atoms with E-state index in [0.29, 0.717) is 29.0 Å². The van der Waals surface area contributed by atoms with Crippen LogP contribution in [0.4, 0.5) is 0 Å². The third-order valence-electron chi connectivity index (χ3n) is 3.71. The maximum Gasteiger partial charge on any atom is 0.354 e. The number of carbonyl (C=O) groups excluding carboxylic acids is 2. The van der Waals surface area contributed by atoms with E-state index in [1.165, 1.54) is 19.4 Å². The van der Waals surface area contributed by atoms with Gasteiger partial charge in [-0.25, -0.2) is 4.79 Å². The van der Waals surface area contributed by atoms with Crippen LogP contribution in [0.25, 0.3) is 11.3 Å². The summed E-state index contributed by atoms with van der Waals surface area (Å²) in [6.45, 7) is 1.89. The summed E-state index contributed by atoms with van der Waals surface area (Å²) in [5.74, 6) is -0.267. The number of ether oxygens (including phenoxy) is 1. The van der Waals surface area contributed by atoms with E-state index in [-0.39, 0.29) is 11.5 Å². The molecule has 2 aromatic heterocycles. The number of H-pyrrole nitrogens is 1. The Morgan fingerprint density at radius 1 is 1.25 bits per heavy atom. The first-order chi connectivity index (χ1) is 11.7. The molecule has 0 aliphatic heterocycles. The molecule has 3 aromatic rings. The number of benzene rings is 1. The monoisotopic (exact) mass is 324 g/mol. The van der Waals surface area contributed by atoms with Crippen molar-refractivity contribution in [1.82, 2.24) is 10.1 Å². The molecular formula is C18H16N2O4. The lowest BCUT2D eigenvalue weighted by Crippen LogP contribution is -2.04. The Bertz CT molecular complexity index is 878. The predicted molar refractivity (Wildman–Crippen MR) is 86.9 cm³/mol. The van der Waals surface area contributed by atoms with Gasteiger partial charge in [0.25, 0.3) is 0 Å². The molecule has 0 fully saturated rings. The lowest BCUT2D eigenvalue weighted by atomic mass is 9.98. The molecule has 0 aliphatic carbocycles. The third kappa shape index (κ3) is 2.74. The molecule has 0 bridgehead atoms. The van der Waals surface area contributed by atoms with E-state index >= 15 is 0 Å². The van der Waals surface area contributed by atoms with Crippen LogP contribution in [0.2, 0.25) is 0 Å². The number of esters is 1. The van der Waals surface area contributed by atoms with Crippen molar-refractivity contribution in [2.45, 2.75) is 13.3 Å². The van der Waals surface area contributed by atoms with Crippen LogP contribution in [0.5, 0.6) is 0 Å². The lowest BCUT2D eigenvalue weighted by molar-refractivity contribution is 0.0595. The fourth-order valence-electron chi connectivity index (χ4n) is 2.49. The fraction of sp³-hybridized carbons (Fsp3) is 0.167. The highest BCUT2D eigenvalue weighted by molar-refractivity contribution is 6.13. The summed E-state index contributed by atoms with van der Waals surface area (Å²) in [5.41, 5.74) is 2.28. The van der Waals surface area contributed by atoms with E-state index in [1.54, 1.807) is 0 Å². The van der Waals surface area contributed by atoms with Crippen molar-refractivity contribution in [3.63, 3.8) is 0 Å². The minimum atomic E-state index is -0.529. The van der Waals surface area contributed by atoms with Crippen LogP contribution >= 0.6 is 0 Å². The molecule has 1 N–H and O–H groups in total. The van der Waals surface area contributed by atoms with Crippen LogP contribution in [0, 0.1) is 0 Å². The molecule has 24 heavy (non-hydrogen) atoms. The van der Waals surface area contributed by atoms with E-state index in [1.807, 2.05) is 37.3 Å². The number of aryl methyl sites for hydroxylation is 1. The molecule has 0 spiro atoms. The van der Waals surface area contributed by atoms with Crippen molar-refractivity contribution in [2.24, 2.45) is 0 Å². The number of hydrogen-bond donors (Lipinski definition) is 1. The van der Waals surface area contributed by atoms with Gasteiger partial charge in [0, 0.05) is 23.7 Å². The van der Waals surface area contributed by atoms with Gasteiger partial charge in [-0.3, -0.25) is 4.79 Å². The van der Waals surface area contributed by atoms with Crippen molar-refractivity contribution in [3.8, 4) is 11.3 Å². The van der Waals surface area contributed by atoms with Gasteiger partial charge in [-0.1, -0.05) is 42.4 Å². The zero-order valence-corrected chi connectivity index (χ0v) is 13.3. The van der Waals surface area contributed by atoms with Crippen LogP contribution in [0.3, 0.4) is 0 Å². The maximum atomic E-state index is 12.9. The number of nitrogens with zero attached hydrogens (tertiary/aromatic N) is 1. The first-order valence-corrected chi connectivity index (χ1v) is 7.51. The Balaban J connectivity index is 2.05. The molecule has 0 amide bonds. The predicted octanol–water partition coefficient (Wildman–Crippen LogP) is 3.25. The van der Waals surface area contributed by atoms with Gasteiger partial charge in [0.2, 0.25) is 0 Å². The van der Waals surface area contributed by atoms with Gasteiger partial charge in [0.15, 0.2) is 5.78 Å². The highest BCUT2D eigenvalue weighted by atomic mass is 16.5. The van der Waals surface area contributed by atoms with Crippen molar-refractivity contribution in [3.05, 3.63) is 65.2 Å². The van der Waals surface area contributed by atoms with Crippen molar-refractivity contribution < 1.29 is 18.8 Å². The normalized spacial score (nSPS) is 10.6. The second kappa shape index (κ2) is 6.54.